The fraction of sp³-hybridized carbons (Fsp3) is 0.533. The number of morpholine rings is 1. The van der Waals surface area contributed by atoms with E-state index in [-0.39, 0.29) is 12.0 Å². The third kappa shape index (κ3) is 4.65. The van der Waals surface area contributed by atoms with Crippen molar-refractivity contribution in [2.24, 2.45) is 0 Å². The maximum absolute atomic E-state index is 10.9. The standard InChI is InChI=1S/C15H22N2O2/c1-12-3-5-14(6-4-12)10-17-7-8-19-15(11-17)9-16-13(2)18/h3-6,15H,7-11H2,1-2H3,(H,16,18). The van der Waals surface area contributed by atoms with Crippen molar-refractivity contribution in [3.8, 4) is 0 Å². The molecule has 1 fully saturated rings. The Labute approximate surface area is 114 Å². The van der Waals surface area contributed by atoms with Crippen LogP contribution in [-0.2, 0) is 16.1 Å². The first kappa shape index (κ1) is 14.0. The van der Waals surface area contributed by atoms with Gasteiger partial charge < -0.3 is 10.1 Å². The topological polar surface area (TPSA) is 41.6 Å². The van der Waals surface area contributed by atoms with E-state index in [4.69, 9.17) is 4.74 Å². The Bertz CT molecular complexity index is 417. The Morgan fingerprint density at radius 2 is 2.16 bits per heavy atom. The third-order valence-electron chi connectivity index (χ3n) is 3.33. The van der Waals surface area contributed by atoms with Gasteiger partial charge in [-0.2, -0.15) is 0 Å². The van der Waals surface area contributed by atoms with Crippen LogP contribution in [0.3, 0.4) is 0 Å². The first-order chi connectivity index (χ1) is 9.13. The van der Waals surface area contributed by atoms with Crippen molar-refractivity contribution in [2.75, 3.05) is 26.2 Å². The van der Waals surface area contributed by atoms with Gasteiger partial charge in [0.05, 0.1) is 12.7 Å². The predicted octanol–water partition coefficient (Wildman–Crippen LogP) is 1.33. The fourth-order valence-electron chi connectivity index (χ4n) is 2.26. The lowest BCUT2D eigenvalue weighted by Gasteiger charge is -2.33. The molecule has 0 bridgehead atoms. The van der Waals surface area contributed by atoms with Gasteiger partial charge >= 0.3 is 0 Å². The lowest BCUT2D eigenvalue weighted by atomic mass is 10.1. The number of benzene rings is 1. The van der Waals surface area contributed by atoms with E-state index in [9.17, 15) is 4.79 Å². The van der Waals surface area contributed by atoms with Crippen molar-refractivity contribution >= 4 is 5.91 Å². The molecule has 1 aliphatic heterocycles. The second kappa shape index (κ2) is 6.68. The number of hydrogen-bond donors (Lipinski definition) is 1. The highest BCUT2D eigenvalue weighted by molar-refractivity contribution is 5.72. The Balaban J connectivity index is 1.83. The summed E-state index contributed by atoms with van der Waals surface area (Å²) in [6.45, 7) is 7.73. The van der Waals surface area contributed by atoms with Crippen molar-refractivity contribution in [3.05, 3.63) is 35.4 Å². The minimum absolute atomic E-state index is 0.000687. The van der Waals surface area contributed by atoms with Crippen LogP contribution in [0.4, 0.5) is 0 Å². The molecule has 1 aliphatic rings. The summed E-state index contributed by atoms with van der Waals surface area (Å²) in [5, 5.41) is 2.82. The summed E-state index contributed by atoms with van der Waals surface area (Å²) >= 11 is 0. The Kier molecular flexibility index (Phi) is 4.93. The van der Waals surface area contributed by atoms with Crippen molar-refractivity contribution in [1.29, 1.82) is 0 Å². The van der Waals surface area contributed by atoms with E-state index < -0.39 is 0 Å². The van der Waals surface area contributed by atoms with Crippen LogP contribution >= 0.6 is 0 Å². The van der Waals surface area contributed by atoms with Gasteiger partial charge in [0.25, 0.3) is 0 Å². The predicted molar refractivity (Wildman–Crippen MR) is 74.9 cm³/mol. The molecule has 1 aromatic carbocycles. The lowest BCUT2D eigenvalue weighted by Crippen LogP contribution is -2.46. The zero-order valence-electron chi connectivity index (χ0n) is 11.7. The second-order valence-electron chi connectivity index (χ2n) is 5.15. The van der Waals surface area contributed by atoms with E-state index in [0.717, 1.165) is 26.2 Å². The molecule has 4 nitrogen and oxygen atoms in total. The number of carbonyl (C=O) groups is 1. The van der Waals surface area contributed by atoms with Crippen molar-refractivity contribution in [1.82, 2.24) is 10.2 Å². The highest BCUT2D eigenvalue weighted by Gasteiger charge is 2.20. The largest absolute Gasteiger partial charge is 0.374 e. The molecule has 1 N–H and O–H groups in total. The quantitative estimate of drug-likeness (QED) is 0.890. The monoisotopic (exact) mass is 262 g/mol. The van der Waals surface area contributed by atoms with Gasteiger partial charge in [-0.25, -0.2) is 0 Å². The van der Waals surface area contributed by atoms with Gasteiger partial charge in [-0.1, -0.05) is 29.8 Å². The zero-order chi connectivity index (χ0) is 13.7. The number of hydrogen-bond acceptors (Lipinski definition) is 3. The highest BCUT2D eigenvalue weighted by atomic mass is 16.5. The van der Waals surface area contributed by atoms with Crippen LogP contribution in [0, 0.1) is 6.92 Å². The normalized spacial score (nSPS) is 20.2. The maximum atomic E-state index is 10.9. The van der Waals surface area contributed by atoms with Crippen LogP contribution in [0.2, 0.25) is 0 Å². The summed E-state index contributed by atoms with van der Waals surface area (Å²) < 4.78 is 5.66. The number of aryl methyl sites for hydroxylation is 1. The SMILES string of the molecule is CC(=O)NCC1CN(Cc2ccc(C)cc2)CCO1. The van der Waals surface area contributed by atoms with Crippen LogP contribution in [0.1, 0.15) is 18.1 Å². The first-order valence-electron chi connectivity index (χ1n) is 6.77. The van der Waals surface area contributed by atoms with Crippen LogP contribution in [0.15, 0.2) is 24.3 Å². The van der Waals surface area contributed by atoms with Crippen LogP contribution < -0.4 is 5.32 Å². The second-order valence-corrected chi connectivity index (χ2v) is 5.15. The summed E-state index contributed by atoms with van der Waals surface area (Å²) in [6.07, 6.45) is 0.100. The molecule has 0 aliphatic carbocycles. The Morgan fingerprint density at radius 3 is 2.84 bits per heavy atom. The number of nitrogens with one attached hydrogen (secondary N) is 1. The summed E-state index contributed by atoms with van der Waals surface area (Å²) in [5.41, 5.74) is 2.61. The molecule has 19 heavy (non-hydrogen) atoms. The summed E-state index contributed by atoms with van der Waals surface area (Å²) in [5.74, 6) is -0.000687. The summed E-state index contributed by atoms with van der Waals surface area (Å²) in [6, 6.07) is 8.64. The summed E-state index contributed by atoms with van der Waals surface area (Å²) in [4.78, 5) is 13.3. The van der Waals surface area contributed by atoms with Crippen LogP contribution in [0.25, 0.3) is 0 Å². The number of ether oxygens (including phenoxy) is 1. The lowest BCUT2D eigenvalue weighted by molar-refractivity contribution is -0.120. The molecular weight excluding hydrogens is 240 g/mol. The summed E-state index contributed by atoms with van der Waals surface area (Å²) in [7, 11) is 0. The van der Waals surface area contributed by atoms with E-state index >= 15 is 0 Å². The molecule has 0 aromatic heterocycles. The number of rotatable bonds is 4. The zero-order valence-corrected chi connectivity index (χ0v) is 11.7. The van der Waals surface area contributed by atoms with Crippen molar-refractivity contribution in [3.63, 3.8) is 0 Å². The van der Waals surface area contributed by atoms with Gasteiger partial charge in [0.1, 0.15) is 0 Å². The molecule has 1 heterocycles. The molecule has 0 saturated carbocycles. The molecule has 4 heteroatoms. The molecule has 2 rings (SSSR count). The van der Waals surface area contributed by atoms with E-state index in [1.807, 2.05) is 0 Å². The molecular formula is C15H22N2O2. The van der Waals surface area contributed by atoms with Crippen LogP contribution in [0.5, 0.6) is 0 Å². The average Bonchev–Trinajstić information content (AvgIpc) is 2.40. The average molecular weight is 262 g/mol. The van der Waals surface area contributed by atoms with Crippen molar-refractivity contribution in [2.45, 2.75) is 26.5 Å². The van der Waals surface area contributed by atoms with Gasteiger partial charge in [-0.15, -0.1) is 0 Å². The van der Waals surface area contributed by atoms with Crippen molar-refractivity contribution < 1.29 is 9.53 Å². The molecule has 104 valence electrons. The molecule has 1 saturated heterocycles. The first-order valence-corrected chi connectivity index (χ1v) is 6.77. The number of carbonyl (C=O) groups excluding carboxylic acids is 1. The Hall–Kier alpha value is -1.39. The smallest absolute Gasteiger partial charge is 0.216 e. The molecule has 1 atom stereocenters. The van der Waals surface area contributed by atoms with Crippen LogP contribution in [-0.4, -0.2) is 43.2 Å². The fourth-order valence-corrected chi connectivity index (χ4v) is 2.26. The van der Waals surface area contributed by atoms with E-state index in [2.05, 4.69) is 41.4 Å². The Morgan fingerprint density at radius 1 is 1.42 bits per heavy atom. The molecule has 1 aromatic rings. The van der Waals surface area contributed by atoms with Gasteiger partial charge in [0, 0.05) is 33.1 Å². The third-order valence-corrected chi connectivity index (χ3v) is 3.33. The van der Waals surface area contributed by atoms with E-state index in [0.29, 0.717) is 6.54 Å². The maximum Gasteiger partial charge on any atom is 0.216 e. The van der Waals surface area contributed by atoms with Gasteiger partial charge in [0.2, 0.25) is 5.91 Å². The van der Waals surface area contributed by atoms with Gasteiger partial charge in [0.15, 0.2) is 0 Å². The molecule has 0 radical (unpaired) electrons. The van der Waals surface area contributed by atoms with Gasteiger partial charge in [-0.3, -0.25) is 9.69 Å². The molecule has 1 unspecified atom stereocenters. The minimum atomic E-state index is -0.000687. The van der Waals surface area contributed by atoms with E-state index in [1.54, 1.807) is 0 Å². The molecule has 0 spiro atoms. The number of nitrogens with zero attached hydrogens (tertiary/aromatic N) is 1. The number of amides is 1. The minimum Gasteiger partial charge on any atom is -0.374 e. The van der Waals surface area contributed by atoms with Gasteiger partial charge in [-0.05, 0) is 12.5 Å². The molecule has 1 amide bonds. The highest BCUT2D eigenvalue weighted by Crippen LogP contribution is 2.11. The van der Waals surface area contributed by atoms with E-state index in [1.165, 1.54) is 18.1 Å².